The van der Waals surface area contributed by atoms with E-state index in [9.17, 15) is 8.78 Å². The van der Waals surface area contributed by atoms with Crippen molar-refractivity contribution in [1.29, 1.82) is 0 Å². The summed E-state index contributed by atoms with van der Waals surface area (Å²) >= 11 is 3.42. The average Bonchev–Trinajstić information content (AvgIpc) is 2.53. The standard InChI is InChI=1S/C11H18BrF2N3O/c1-8-11(12)9(2)17(15-8)7-16(4-5-18-3)6-10(13)14/h10H,4-7H2,1-3H3. The third-order valence-corrected chi connectivity index (χ3v) is 3.78. The van der Waals surface area contributed by atoms with Gasteiger partial charge in [0.2, 0.25) is 0 Å². The van der Waals surface area contributed by atoms with Crippen LogP contribution in [0.3, 0.4) is 0 Å². The Labute approximate surface area is 114 Å². The van der Waals surface area contributed by atoms with E-state index < -0.39 is 6.43 Å². The first kappa shape index (κ1) is 15.5. The van der Waals surface area contributed by atoms with Crippen molar-refractivity contribution in [1.82, 2.24) is 14.7 Å². The van der Waals surface area contributed by atoms with E-state index >= 15 is 0 Å². The molecule has 0 N–H and O–H groups in total. The molecule has 18 heavy (non-hydrogen) atoms. The van der Waals surface area contributed by atoms with Gasteiger partial charge in [0.1, 0.15) is 0 Å². The van der Waals surface area contributed by atoms with E-state index in [1.165, 1.54) is 0 Å². The number of rotatable bonds is 7. The molecule has 0 bridgehead atoms. The molecule has 1 heterocycles. The van der Waals surface area contributed by atoms with E-state index in [4.69, 9.17) is 4.74 Å². The number of methoxy groups -OCH3 is 1. The van der Waals surface area contributed by atoms with Crippen molar-refractivity contribution in [3.63, 3.8) is 0 Å². The molecule has 0 unspecified atom stereocenters. The maximum absolute atomic E-state index is 12.5. The minimum Gasteiger partial charge on any atom is -0.383 e. The normalized spacial score (nSPS) is 11.8. The monoisotopic (exact) mass is 325 g/mol. The molecule has 0 atom stereocenters. The van der Waals surface area contributed by atoms with Crippen molar-refractivity contribution in [2.24, 2.45) is 0 Å². The third-order valence-electron chi connectivity index (χ3n) is 2.63. The number of aryl methyl sites for hydroxylation is 1. The highest BCUT2D eigenvalue weighted by Gasteiger charge is 2.15. The number of halogens is 3. The van der Waals surface area contributed by atoms with Crippen molar-refractivity contribution < 1.29 is 13.5 Å². The van der Waals surface area contributed by atoms with Gasteiger partial charge < -0.3 is 4.74 Å². The Balaban J connectivity index is 2.71. The second-order valence-corrected chi connectivity index (χ2v) is 4.88. The molecule has 0 radical (unpaired) electrons. The lowest BCUT2D eigenvalue weighted by atomic mass is 10.4. The Bertz CT molecular complexity index is 385. The molecule has 0 fully saturated rings. The molecule has 4 nitrogen and oxygen atoms in total. The maximum Gasteiger partial charge on any atom is 0.251 e. The van der Waals surface area contributed by atoms with Crippen LogP contribution in [0.15, 0.2) is 4.47 Å². The van der Waals surface area contributed by atoms with Gasteiger partial charge in [-0.2, -0.15) is 5.10 Å². The lowest BCUT2D eigenvalue weighted by molar-refractivity contribution is 0.0522. The van der Waals surface area contributed by atoms with E-state index in [-0.39, 0.29) is 6.54 Å². The Morgan fingerprint density at radius 2 is 2.11 bits per heavy atom. The molecule has 0 spiro atoms. The molecule has 1 rings (SSSR count). The lowest BCUT2D eigenvalue weighted by Crippen LogP contribution is -2.34. The summed E-state index contributed by atoms with van der Waals surface area (Å²) in [6, 6.07) is 0. The van der Waals surface area contributed by atoms with Gasteiger partial charge in [-0.05, 0) is 29.8 Å². The van der Waals surface area contributed by atoms with Crippen LogP contribution in [0.2, 0.25) is 0 Å². The fourth-order valence-corrected chi connectivity index (χ4v) is 1.92. The van der Waals surface area contributed by atoms with Crippen LogP contribution in [-0.2, 0) is 11.4 Å². The Morgan fingerprint density at radius 1 is 1.44 bits per heavy atom. The van der Waals surface area contributed by atoms with Gasteiger partial charge in [-0.1, -0.05) is 0 Å². The predicted molar refractivity (Wildman–Crippen MR) is 68.9 cm³/mol. The number of aromatic nitrogens is 2. The molecule has 1 aromatic heterocycles. The van der Waals surface area contributed by atoms with E-state index in [1.807, 2.05) is 13.8 Å². The van der Waals surface area contributed by atoms with Crippen LogP contribution in [0.25, 0.3) is 0 Å². The van der Waals surface area contributed by atoms with Gasteiger partial charge in [-0.25, -0.2) is 8.78 Å². The second kappa shape index (κ2) is 7.16. The molecule has 0 aliphatic carbocycles. The fraction of sp³-hybridized carbons (Fsp3) is 0.727. The number of alkyl halides is 2. The molecule has 104 valence electrons. The van der Waals surface area contributed by atoms with E-state index in [2.05, 4.69) is 21.0 Å². The summed E-state index contributed by atoms with van der Waals surface area (Å²) < 4.78 is 32.5. The highest BCUT2D eigenvalue weighted by molar-refractivity contribution is 9.10. The largest absolute Gasteiger partial charge is 0.383 e. The number of ether oxygens (including phenoxy) is 1. The zero-order valence-corrected chi connectivity index (χ0v) is 12.4. The van der Waals surface area contributed by atoms with Gasteiger partial charge in [0.05, 0.1) is 35.7 Å². The van der Waals surface area contributed by atoms with Crippen LogP contribution in [-0.4, -0.2) is 47.9 Å². The molecule has 0 saturated heterocycles. The molecule has 0 aliphatic heterocycles. The summed E-state index contributed by atoms with van der Waals surface area (Å²) in [6.07, 6.45) is -2.36. The zero-order valence-electron chi connectivity index (χ0n) is 10.8. The predicted octanol–water partition coefficient (Wildman–Crippen LogP) is 2.43. The molecule has 1 aromatic rings. The minimum absolute atomic E-state index is 0.278. The van der Waals surface area contributed by atoms with E-state index in [0.29, 0.717) is 19.8 Å². The van der Waals surface area contributed by atoms with Crippen LogP contribution in [0.4, 0.5) is 8.78 Å². The smallest absolute Gasteiger partial charge is 0.251 e. The molecular formula is C11H18BrF2N3O. The molecular weight excluding hydrogens is 308 g/mol. The SMILES string of the molecule is COCCN(CC(F)F)Cn1nc(C)c(Br)c1C. The first-order chi connectivity index (χ1) is 8.45. The van der Waals surface area contributed by atoms with Gasteiger partial charge in [0.25, 0.3) is 6.43 Å². The quantitative estimate of drug-likeness (QED) is 0.771. The first-order valence-corrected chi connectivity index (χ1v) is 6.44. The van der Waals surface area contributed by atoms with Gasteiger partial charge in [-0.3, -0.25) is 9.58 Å². The first-order valence-electron chi connectivity index (χ1n) is 5.64. The van der Waals surface area contributed by atoms with Crippen LogP contribution < -0.4 is 0 Å². The molecule has 0 amide bonds. The highest BCUT2D eigenvalue weighted by atomic mass is 79.9. The van der Waals surface area contributed by atoms with Crippen molar-refractivity contribution in [2.45, 2.75) is 26.9 Å². The van der Waals surface area contributed by atoms with Gasteiger partial charge in [-0.15, -0.1) is 0 Å². The lowest BCUT2D eigenvalue weighted by Gasteiger charge is -2.22. The summed E-state index contributed by atoms with van der Waals surface area (Å²) in [5.41, 5.74) is 1.79. The zero-order chi connectivity index (χ0) is 13.7. The van der Waals surface area contributed by atoms with Crippen LogP contribution in [0.5, 0.6) is 0 Å². The highest BCUT2D eigenvalue weighted by Crippen LogP contribution is 2.20. The molecule has 0 aromatic carbocycles. The average molecular weight is 326 g/mol. The minimum atomic E-state index is -2.36. The third kappa shape index (κ3) is 4.29. The van der Waals surface area contributed by atoms with Gasteiger partial charge in [0.15, 0.2) is 0 Å². The van der Waals surface area contributed by atoms with E-state index in [1.54, 1.807) is 16.7 Å². The summed E-state index contributed by atoms with van der Waals surface area (Å²) in [4.78, 5) is 1.63. The summed E-state index contributed by atoms with van der Waals surface area (Å²) in [7, 11) is 1.56. The van der Waals surface area contributed by atoms with E-state index in [0.717, 1.165) is 15.9 Å². The Hall–Kier alpha value is -0.530. The Morgan fingerprint density at radius 3 is 2.56 bits per heavy atom. The van der Waals surface area contributed by atoms with Crippen LogP contribution in [0.1, 0.15) is 11.4 Å². The van der Waals surface area contributed by atoms with Crippen molar-refractivity contribution in [3.05, 3.63) is 15.9 Å². The topological polar surface area (TPSA) is 30.3 Å². The van der Waals surface area contributed by atoms with Crippen LogP contribution in [0, 0.1) is 13.8 Å². The maximum atomic E-state index is 12.5. The number of hydrogen-bond donors (Lipinski definition) is 0. The number of nitrogens with zero attached hydrogens (tertiary/aromatic N) is 3. The Kier molecular flexibility index (Phi) is 6.17. The summed E-state index contributed by atoms with van der Waals surface area (Å²) in [5.74, 6) is 0. The van der Waals surface area contributed by atoms with Crippen molar-refractivity contribution >= 4 is 15.9 Å². The second-order valence-electron chi connectivity index (χ2n) is 4.09. The summed E-state index contributed by atoms with van der Waals surface area (Å²) in [6.45, 7) is 4.72. The number of hydrogen-bond acceptors (Lipinski definition) is 3. The van der Waals surface area contributed by atoms with Crippen molar-refractivity contribution in [3.8, 4) is 0 Å². The summed E-state index contributed by atoms with van der Waals surface area (Å²) in [5, 5.41) is 4.31. The molecule has 0 aliphatic rings. The van der Waals surface area contributed by atoms with Crippen LogP contribution >= 0.6 is 15.9 Å². The van der Waals surface area contributed by atoms with Gasteiger partial charge in [0, 0.05) is 13.7 Å². The van der Waals surface area contributed by atoms with Crippen molar-refractivity contribution in [2.75, 3.05) is 26.8 Å². The van der Waals surface area contributed by atoms with Gasteiger partial charge >= 0.3 is 0 Å². The fourth-order valence-electron chi connectivity index (χ4n) is 1.64. The molecule has 0 saturated carbocycles. The molecule has 7 heteroatoms.